The lowest BCUT2D eigenvalue weighted by molar-refractivity contribution is -0.114. The number of rotatable bonds is 4. The molecule has 0 fully saturated rings. The molecule has 2 aromatic carbocycles. The molecule has 1 amide bonds. The van der Waals surface area contributed by atoms with Crippen LogP contribution in [0, 0.1) is 5.82 Å². The van der Waals surface area contributed by atoms with Crippen molar-refractivity contribution in [2.45, 2.75) is 11.8 Å². The second-order valence-electron chi connectivity index (χ2n) is 4.32. The lowest BCUT2D eigenvalue weighted by Gasteiger charge is -2.09. The van der Waals surface area contributed by atoms with Crippen molar-refractivity contribution < 1.29 is 17.6 Å². The topological polar surface area (TPSA) is 75.3 Å². The fourth-order valence-corrected chi connectivity index (χ4v) is 2.71. The number of anilines is 2. The van der Waals surface area contributed by atoms with E-state index in [1.165, 1.54) is 43.3 Å². The molecule has 2 N–H and O–H groups in total. The SMILES string of the molecule is CC(=O)Nc1ccc(S(=O)(=O)Nc2ccc(F)cc2)cc1. The summed E-state index contributed by atoms with van der Waals surface area (Å²) in [6.45, 7) is 1.36. The number of nitrogens with one attached hydrogen (secondary N) is 2. The van der Waals surface area contributed by atoms with Gasteiger partial charge in [0.25, 0.3) is 10.0 Å². The summed E-state index contributed by atoms with van der Waals surface area (Å²) in [4.78, 5) is 10.9. The third-order valence-corrected chi connectivity index (χ3v) is 3.98. The van der Waals surface area contributed by atoms with Crippen molar-refractivity contribution in [2.75, 3.05) is 10.0 Å². The maximum absolute atomic E-state index is 12.8. The van der Waals surface area contributed by atoms with E-state index in [1.54, 1.807) is 0 Å². The zero-order valence-corrected chi connectivity index (χ0v) is 11.9. The monoisotopic (exact) mass is 308 g/mol. The summed E-state index contributed by atoms with van der Waals surface area (Å²) in [5.41, 5.74) is 0.769. The molecule has 0 aromatic heterocycles. The Kier molecular flexibility index (Phi) is 4.23. The molecule has 7 heteroatoms. The maximum Gasteiger partial charge on any atom is 0.261 e. The van der Waals surface area contributed by atoms with E-state index < -0.39 is 15.8 Å². The molecule has 0 saturated carbocycles. The van der Waals surface area contributed by atoms with Crippen LogP contribution in [0.3, 0.4) is 0 Å². The molecule has 0 atom stereocenters. The summed E-state index contributed by atoms with van der Waals surface area (Å²) in [7, 11) is -3.76. The predicted octanol–water partition coefficient (Wildman–Crippen LogP) is 2.58. The fourth-order valence-electron chi connectivity index (χ4n) is 1.65. The Balaban J connectivity index is 2.19. The van der Waals surface area contributed by atoms with Gasteiger partial charge in [0.2, 0.25) is 5.91 Å². The van der Waals surface area contributed by atoms with Crippen LogP contribution in [0.2, 0.25) is 0 Å². The highest BCUT2D eigenvalue weighted by Gasteiger charge is 2.14. The Morgan fingerprint density at radius 2 is 1.48 bits per heavy atom. The first-order valence-electron chi connectivity index (χ1n) is 6.03. The van der Waals surface area contributed by atoms with E-state index in [9.17, 15) is 17.6 Å². The van der Waals surface area contributed by atoms with Gasteiger partial charge in [-0.3, -0.25) is 9.52 Å². The predicted molar refractivity (Wildman–Crippen MR) is 78.0 cm³/mol. The molecular formula is C14H13FN2O3S. The Bertz CT molecular complexity index is 741. The quantitative estimate of drug-likeness (QED) is 0.911. The van der Waals surface area contributed by atoms with Gasteiger partial charge in [-0.2, -0.15) is 0 Å². The van der Waals surface area contributed by atoms with Crippen LogP contribution in [0.4, 0.5) is 15.8 Å². The van der Waals surface area contributed by atoms with Gasteiger partial charge < -0.3 is 5.32 Å². The molecule has 2 rings (SSSR count). The number of halogens is 1. The van der Waals surface area contributed by atoms with Crippen molar-refractivity contribution in [3.63, 3.8) is 0 Å². The fraction of sp³-hybridized carbons (Fsp3) is 0.0714. The van der Waals surface area contributed by atoms with Crippen molar-refractivity contribution in [3.05, 3.63) is 54.3 Å². The first-order valence-corrected chi connectivity index (χ1v) is 7.51. The van der Waals surface area contributed by atoms with Gasteiger partial charge in [0.15, 0.2) is 0 Å². The highest BCUT2D eigenvalue weighted by Crippen LogP contribution is 2.18. The van der Waals surface area contributed by atoms with Crippen molar-refractivity contribution in [1.29, 1.82) is 0 Å². The molecule has 0 spiro atoms. The molecule has 0 heterocycles. The molecule has 0 aliphatic carbocycles. The summed E-state index contributed by atoms with van der Waals surface area (Å²) in [6.07, 6.45) is 0. The Morgan fingerprint density at radius 3 is 2.00 bits per heavy atom. The molecule has 0 radical (unpaired) electrons. The highest BCUT2D eigenvalue weighted by molar-refractivity contribution is 7.92. The number of benzene rings is 2. The van der Waals surface area contributed by atoms with Crippen LogP contribution in [-0.2, 0) is 14.8 Å². The third-order valence-electron chi connectivity index (χ3n) is 2.58. The van der Waals surface area contributed by atoms with E-state index in [0.717, 1.165) is 12.1 Å². The normalized spacial score (nSPS) is 11.0. The van der Waals surface area contributed by atoms with Crippen LogP contribution in [0.1, 0.15) is 6.92 Å². The van der Waals surface area contributed by atoms with Gasteiger partial charge in [0, 0.05) is 18.3 Å². The minimum Gasteiger partial charge on any atom is -0.326 e. The Morgan fingerprint density at radius 1 is 0.952 bits per heavy atom. The van der Waals surface area contributed by atoms with E-state index in [1.807, 2.05) is 0 Å². The molecule has 5 nitrogen and oxygen atoms in total. The van der Waals surface area contributed by atoms with Crippen LogP contribution < -0.4 is 10.0 Å². The zero-order valence-electron chi connectivity index (χ0n) is 11.1. The van der Waals surface area contributed by atoms with Gasteiger partial charge in [-0.1, -0.05) is 0 Å². The van der Waals surface area contributed by atoms with Gasteiger partial charge in [-0.25, -0.2) is 12.8 Å². The molecule has 21 heavy (non-hydrogen) atoms. The zero-order chi connectivity index (χ0) is 15.5. The standard InChI is InChI=1S/C14H13FN2O3S/c1-10(18)16-12-6-8-14(9-7-12)21(19,20)17-13-4-2-11(15)3-5-13/h2-9,17H,1H3,(H,16,18). The lowest BCUT2D eigenvalue weighted by atomic mass is 10.3. The van der Waals surface area contributed by atoms with Gasteiger partial charge in [-0.05, 0) is 48.5 Å². The average molecular weight is 308 g/mol. The minimum atomic E-state index is -3.76. The second kappa shape index (κ2) is 5.92. The van der Waals surface area contributed by atoms with E-state index >= 15 is 0 Å². The molecule has 0 aliphatic heterocycles. The first kappa shape index (κ1) is 15.0. The molecular weight excluding hydrogens is 295 g/mol. The molecule has 0 aliphatic rings. The maximum atomic E-state index is 12.8. The molecule has 0 unspecified atom stereocenters. The van der Waals surface area contributed by atoms with Crippen molar-refractivity contribution in [1.82, 2.24) is 0 Å². The lowest BCUT2D eigenvalue weighted by Crippen LogP contribution is -2.13. The number of amides is 1. The summed E-state index contributed by atoms with van der Waals surface area (Å²) < 4.78 is 39.4. The average Bonchev–Trinajstić information content (AvgIpc) is 2.41. The molecule has 0 saturated heterocycles. The van der Waals surface area contributed by atoms with E-state index in [-0.39, 0.29) is 16.5 Å². The van der Waals surface area contributed by atoms with Crippen molar-refractivity contribution in [2.24, 2.45) is 0 Å². The van der Waals surface area contributed by atoms with E-state index in [4.69, 9.17) is 0 Å². The van der Waals surface area contributed by atoms with E-state index in [0.29, 0.717) is 5.69 Å². The number of sulfonamides is 1. The molecule has 2 aromatic rings. The van der Waals surface area contributed by atoms with Gasteiger partial charge in [0.05, 0.1) is 4.90 Å². The van der Waals surface area contributed by atoms with Gasteiger partial charge in [-0.15, -0.1) is 0 Å². The summed E-state index contributed by atoms with van der Waals surface area (Å²) in [5, 5.41) is 2.54. The van der Waals surface area contributed by atoms with Crippen LogP contribution in [0.15, 0.2) is 53.4 Å². The van der Waals surface area contributed by atoms with Crippen molar-refractivity contribution >= 4 is 27.3 Å². The number of carbonyl (C=O) groups is 1. The second-order valence-corrected chi connectivity index (χ2v) is 6.00. The Labute approximate surface area is 121 Å². The summed E-state index contributed by atoms with van der Waals surface area (Å²) in [6, 6.07) is 10.7. The highest BCUT2D eigenvalue weighted by atomic mass is 32.2. The number of hydrogen-bond donors (Lipinski definition) is 2. The van der Waals surface area contributed by atoms with E-state index in [2.05, 4.69) is 10.0 Å². The number of carbonyl (C=O) groups excluding carboxylic acids is 1. The molecule has 0 bridgehead atoms. The smallest absolute Gasteiger partial charge is 0.261 e. The van der Waals surface area contributed by atoms with Crippen molar-refractivity contribution in [3.8, 4) is 0 Å². The number of hydrogen-bond acceptors (Lipinski definition) is 3. The first-order chi connectivity index (χ1) is 9.87. The third kappa shape index (κ3) is 4.03. The van der Waals surface area contributed by atoms with Crippen LogP contribution in [-0.4, -0.2) is 14.3 Å². The largest absolute Gasteiger partial charge is 0.326 e. The van der Waals surface area contributed by atoms with Crippen LogP contribution in [0.25, 0.3) is 0 Å². The van der Waals surface area contributed by atoms with Gasteiger partial charge >= 0.3 is 0 Å². The summed E-state index contributed by atoms with van der Waals surface area (Å²) >= 11 is 0. The van der Waals surface area contributed by atoms with Crippen LogP contribution in [0.5, 0.6) is 0 Å². The van der Waals surface area contributed by atoms with Crippen LogP contribution >= 0.6 is 0 Å². The Hall–Kier alpha value is -2.41. The van der Waals surface area contributed by atoms with Gasteiger partial charge in [0.1, 0.15) is 5.82 Å². The minimum absolute atomic E-state index is 0.0425. The summed E-state index contributed by atoms with van der Waals surface area (Å²) in [5.74, 6) is -0.687. The molecule has 110 valence electrons.